The van der Waals surface area contributed by atoms with Crippen LogP contribution in [-0.4, -0.2) is 32.1 Å². The van der Waals surface area contributed by atoms with Gasteiger partial charge in [-0.3, -0.25) is 4.79 Å². The molecular formula is C18H20N2O3S. The molecule has 2 heterocycles. The lowest BCUT2D eigenvalue weighted by Crippen LogP contribution is -2.21. The number of nitrogens with one attached hydrogen (secondary N) is 1. The molecule has 6 heteroatoms. The molecule has 0 saturated carbocycles. The van der Waals surface area contributed by atoms with Crippen molar-refractivity contribution >= 4 is 34.6 Å². The highest BCUT2D eigenvalue weighted by molar-refractivity contribution is 7.12. The number of thiophene rings is 1. The minimum Gasteiger partial charge on any atom is -0.465 e. The van der Waals surface area contributed by atoms with E-state index in [1.807, 2.05) is 24.4 Å². The van der Waals surface area contributed by atoms with Crippen LogP contribution in [0, 0.1) is 6.92 Å². The van der Waals surface area contributed by atoms with Crippen LogP contribution in [0.1, 0.15) is 38.4 Å². The molecule has 0 spiro atoms. The van der Waals surface area contributed by atoms with Crippen LogP contribution >= 0.6 is 11.3 Å². The summed E-state index contributed by atoms with van der Waals surface area (Å²) in [6, 6.07) is 7.24. The number of hydrogen-bond donors (Lipinski definition) is 1. The van der Waals surface area contributed by atoms with Crippen molar-refractivity contribution in [3.63, 3.8) is 0 Å². The Kier molecular flexibility index (Phi) is 4.85. The van der Waals surface area contributed by atoms with Crippen LogP contribution < -0.4 is 10.2 Å². The first-order valence-electron chi connectivity index (χ1n) is 7.93. The third-order valence-corrected chi connectivity index (χ3v) is 5.20. The van der Waals surface area contributed by atoms with Gasteiger partial charge in [0.2, 0.25) is 0 Å². The molecule has 0 aliphatic carbocycles. The van der Waals surface area contributed by atoms with Crippen molar-refractivity contribution < 1.29 is 14.3 Å². The summed E-state index contributed by atoms with van der Waals surface area (Å²) < 4.78 is 4.79. The fourth-order valence-corrected chi connectivity index (χ4v) is 3.72. The lowest BCUT2D eigenvalue weighted by atomic mass is 10.1. The van der Waals surface area contributed by atoms with Crippen molar-refractivity contribution in [1.82, 2.24) is 0 Å². The number of nitrogens with zero attached hydrogens (tertiary/aromatic N) is 1. The van der Waals surface area contributed by atoms with E-state index in [4.69, 9.17) is 4.74 Å². The zero-order valence-electron chi connectivity index (χ0n) is 13.8. The predicted octanol–water partition coefficient (Wildman–Crippen LogP) is 3.70. The van der Waals surface area contributed by atoms with E-state index in [0.29, 0.717) is 16.1 Å². The number of hydrogen-bond acceptors (Lipinski definition) is 5. The van der Waals surface area contributed by atoms with Crippen LogP contribution in [0.3, 0.4) is 0 Å². The number of amides is 1. The molecule has 0 atom stereocenters. The summed E-state index contributed by atoms with van der Waals surface area (Å²) in [7, 11) is 1.35. The number of aryl methyl sites for hydroxylation is 1. The second-order valence-electron chi connectivity index (χ2n) is 5.80. The van der Waals surface area contributed by atoms with Gasteiger partial charge >= 0.3 is 5.97 Å². The fraction of sp³-hybridized carbons (Fsp3) is 0.333. The van der Waals surface area contributed by atoms with E-state index >= 15 is 0 Å². The van der Waals surface area contributed by atoms with Gasteiger partial charge in [0.15, 0.2) is 0 Å². The molecule has 1 aliphatic rings. The minimum absolute atomic E-state index is 0.148. The summed E-state index contributed by atoms with van der Waals surface area (Å²) in [5, 5.41) is 4.87. The number of methoxy groups -OCH3 is 1. The third kappa shape index (κ3) is 3.28. The van der Waals surface area contributed by atoms with Crippen LogP contribution in [0.4, 0.5) is 11.4 Å². The van der Waals surface area contributed by atoms with Crippen molar-refractivity contribution in [2.45, 2.75) is 19.8 Å². The van der Waals surface area contributed by atoms with Crippen LogP contribution in [0.25, 0.3) is 0 Å². The number of anilines is 2. The minimum atomic E-state index is -0.411. The van der Waals surface area contributed by atoms with Crippen molar-refractivity contribution in [2.24, 2.45) is 0 Å². The highest BCUT2D eigenvalue weighted by Gasteiger charge is 2.20. The Bertz CT molecular complexity index is 763. The summed E-state index contributed by atoms with van der Waals surface area (Å²) in [4.78, 5) is 27.3. The molecule has 0 bridgehead atoms. The smallest absolute Gasteiger partial charge is 0.337 e. The molecule has 1 aromatic heterocycles. The maximum atomic E-state index is 12.6. The number of esters is 1. The number of ether oxygens (including phenoxy) is 1. The van der Waals surface area contributed by atoms with Gasteiger partial charge in [0, 0.05) is 13.1 Å². The quantitative estimate of drug-likeness (QED) is 0.859. The van der Waals surface area contributed by atoms with E-state index in [9.17, 15) is 9.59 Å². The van der Waals surface area contributed by atoms with E-state index in [1.54, 1.807) is 12.1 Å². The standard InChI is InChI=1S/C18H20N2O3S/c1-12-7-10-24-16(12)17(21)19-14-11-13(18(22)23-2)5-6-15(14)20-8-3-4-9-20/h5-7,10-11H,3-4,8-9H2,1-2H3,(H,19,21). The molecule has 1 N–H and O–H groups in total. The van der Waals surface area contributed by atoms with Gasteiger partial charge in [-0.05, 0) is 55.0 Å². The zero-order chi connectivity index (χ0) is 17.1. The van der Waals surface area contributed by atoms with Crippen molar-refractivity contribution in [3.8, 4) is 0 Å². The van der Waals surface area contributed by atoms with Crippen LogP contribution in [0.2, 0.25) is 0 Å². The normalized spacial score (nSPS) is 13.8. The van der Waals surface area contributed by atoms with E-state index in [2.05, 4.69) is 10.2 Å². The Labute approximate surface area is 145 Å². The molecule has 1 aliphatic heterocycles. The van der Waals surface area contributed by atoms with Crippen molar-refractivity contribution in [3.05, 3.63) is 45.6 Å². The summed E-state index contributed by atoms with van der Waals surface area (Å²) >= 11 is 1.41. The number of carbonyl (C=O) groups excluding carboxylic acids is 2. The molecule has 0 unspecified atom stereocenters. The topological polar surface area (TPSA) is 58.6 Å². The highest BCUT2D eigenvalue weighted by atomic mass is 32.1. The second-order valence-corrected chi connectivity index (χ2v) is 6.72. The Morgan fingerprint density at radius 3 is 2.58 bits per heavy atom. The maximum absolute atomic E-state index is 12.6. The van der Waals surface area contributed by atoms with Gasteiger partial charge < -0.3 is 15.0 Å². The predicted molar refractivity (Wildman–Crippen MR) is 96.2 cm³/mol. The second kappa shape index (κ2) is 7.05. The van der Waals surface area contributed by atoms with Crippen LogP contribution in [0.15, 0.2) is 29.6 Å². The van der Waals surface area contributed by atoms with Crippen LogP contribution in [0.5, 0.6) is 0 Å². The van der Waals surface area contributed by atoms with Crippen molar-refractivity contribution in [1.29, 1.82) is 0 Å². The lowest BCUT2D eigenvalue weighted by Gasteiger charge is -2.22. The summed E-state index contributed by atoms with van der Waals surface area (Å²) in [6.45, 7) is 3.83. The van der Waals surface area contributed by atoms with Gasteiger partial charge in [0.05, 0.1) is 28.9 Å². The van der Waals surface area contributed by atoms with Gasteiger partial charge in [0.25, 0.3) is 5.91 Å². The largest absolute Gasteiger partial charge is 0.465 e. The monoisotopic (exact) mass is 344 g/mol. The van der Waals surface area contributed by atoms with E-state index in [-0.39, 0.29) is 5.91 Å². The number of benzene rings is 1. The Balaban J connectivity index is 1.94. The van der Waals surface area contributed by atoms with Gasteiger partial charge in [0.1, 0.15) is 0 Å². The molecule has 2 aromatic rings. The Morgan fingerprint density at radius 2 is 1.96 bits per heavy atom. The fourth-order valence-electron chi connectivity index (χ4n) is 2.90. The lowest BCUT2D eigenvalue weighted by molar-refractivity contribution is 0.0600. The molecule has 3 rings (SSSR count). The molecule has 1 amide bonds. The first-order valence-corrected chi connectivity index (χ1v) is 8.81. The van der Waals surface area contributed by atoms with Gasteiger partial charge in [-0.2, -0.15) is 0 Å². The molecule has 5 nitrogen and oxygen atoms in total. The summed E-state index contributed by atoms with van der Waals surface area (Å²) in [5.41, 5.74) is 2.98. The average molecular weight is 344 g/mol. The molecule has 0 radical (unpaired) electrons. The van der Waals surface area contributed by atoms with Crippen LogP contribution in [-0.2, 0) is 4.74 Å². The Hall–Kier alpha value is -2.34. The first kappa shape index (κ1) is 16.5. The van der Waals surface area contributed by atoms with E-state index < -0.39 is 5.97 Å². The van der Waals surface area contributed by atoms with Gasteiger partial charge in [-0.25, -0.2) is 4.79 Å². The Morgan fingerprint density at radius 1 is 1.21 bits per heavy atom. The summed E-state index contributed by atoms with van der Waals surface area (Å²) in [6.07, 6.45) is 2.27. The van der Waals surface area contributed by atoms with Gasteiger partial charge in [-0.15, -0.1) is 11.3 Å². The molecule has 24 heavy (non-hydrogen) atoms. The summed E-state index contributed by atoms with van der Waals surface area (Å²) in [5.74, 6) is -0.560. The van der Waals surface area contributed by atoms with E-state index in [0.717, 1.165) is 37.2 Å². The molecular weight excluding hydrogens is 324 g/mol. The average Bonchev–Trinajstić information content (AvgIpc) is 3.25. The SMILES string of the molecule is COC(=O)c1ccc(N2CCCC2)c(NC(=O)c2sccc2C)c1. The van der Waals surface area contributed by atoms with Gasteiger partial charge in [-0.1, -0.05) is 0 Å². The van der Waals surface area contributed by atoms with Crippen molar-refractivity contribution in [2.75, 3.05) is 30.4 Å². The molecule has 126 valence electrons. The third-order valence-electron chi connectivity index (χ3n) is 4.18. The molecule has 1 aromatic carbocycles. The zero-order valence-corrected chi connectivity index (χ0v) is 14.6. The van der Waals surface area contributed by atoms with E-state index in [1.165, 1.54) is 18.4 Å². The number of carbonyl (C=O) groups is 2. The molecule has 1 fully saturated rings. The first-order chi connectivity index (χ1) is 11.6. The maximum Gasteiger partial charge on any atom is 0.337 e. The number of rotatable bonds is 4. The molecule has 1 saturated heterocycles. The highest BCUT2D eigenvalue weighted by Crippen LogP contribution is 2.31.